The number of aryl methyl sites for hydroxylation is 1. The Hall–Kier alpha value is -1.59. The molecule has 5 nitrogen and oxygen atoms in total. The number of hydrogen-bond acceptors (Lipinski definition) is 4. The number of nitrogens with one attached hydrogen (secondary N) is 1. The lowest BCUT2D eigenvalue weighted by Gasteiger charge is -2.21. The van der Waals surface area contributed by atoms with Crippen molar-refractivity contribution in [3.63, 3.8) is 0 Å². The van der Waals surface area contributed by atoms with Gasteiger partial charge >= 0.3 is 0 Å². The third-order valence-electron chi connectivity index (χ3n) is 3.29. The molecule has 0 aliphatic carbocycles. The molecule has 0 spiro atoms. The summed E-state index contributed by atoms with van der Waals surface area (Å²) in [6.07, 6.45) is 2.80. The Labute approximate surface area is 130 Å². The molecule has 0 aliphatic rings. The first kappa shape index (κ1) is 15.8. The first-order chi connectivity index (χ1) is 10.2. The van der Waals surface area contributed by atoms with E-state index in [9.17, 15) is 0 Å². The van der Waals surface area contributed by atoms with E-state index in [-0.39, 0.29) is 6.04 Å². The molecular formula is C15H21ClN4O. The van der Waals surface area contributed by atoms with Crippen molar-refractivity contribution in [2.24, 2.45) is 0 Å². The van der Waals surface area contributed by atoms with Gasteiger partial charge in [0.2, 0.25) is 0 Å². The lowest BCUT2D eigenvalue weighted by atomic mass is 10.0. The Kier molecular flexibility index (Phi) is 5.59. The summed E-state index contributed by atoms with van der Waals surface area (Å²) in [4.78, 5) is 0. The maximum absolute atomic E-state index is 6.16. The summed E-state index contributed by atoms with van der Waals surface area (Å²) in [5, 5.41) is 12.4. The van der Waals surface area contributed by atoms with Crippen molar-refractivity contribution in [3.05, 3.63) is 40.7 Å². The minimum atomic E-state index is -0.0507. The second-order valence-electron chi connectivity index (χ2n) is 4.76. The smallest absolute Gasteiger partial charge is 0.124 e. The van der Waals surface area contributed by atoms with Crippen molar-refractivity contribution in [1.82, 2.24) is 20.3 Å². The average molecular weight is 309 g/mol. The molecule has 0 saturated heterocycles. The van der Waals surface area contributed by atoms with Gasteiger partial charge in [0.15, 0.2) is 0 Å². The van der Waals surface area contributed by atoms with Crippen LogP contribution in [-0.2, 0) is 6.54 Å². The van der Waals surface area contributed by atoms with Crippen molar-refractivity contribution in [2.45, 2.75) is 32.9 Å². The molecule has 1 N–H and O–H groups in total. The summed E-state index contributed by atoms with van der Waals surface area (Å²) in [5.74, 6) is 0.801. The number of nitrogens with zero attached hydrogens (tertiary/aromatic N) is 3. The third-order valence-corrected chi connectivity index (χ3v) is 3.52. The van der Waals surface area contributed by atoms with Gasteiger partial charge in [0.1, 0.15) is 5.75 Å². The third kappa shape index (κ3) is 3.54. The highest BCUT2D eigenvalue weighted by Gasteiger charge is 2.22. The van der Waals surface area contributed by atoms with E-state index in [2.05, 4.69) is 29.5 Å². The summed E-state index contributed by atoms with van der Waals surface area (Å²) in [5.41, 5.74) is 2.01. The van der Waals surface area contributed by atoms with Crippen LogP contribution in [-0.4, -0.2) is 28.6 Å². The van der Waals surface area contributed by atoms with Crippen LogP contribution in [0.2, 0.25) is 5.02 Å². The first-order valence-electron chi connectivity index (χ1n) is 7.16. The Morgan fingerprint density at radius 1 is 1.38 bits per heavy atom. The molecule has 0 fully saturated rings. The highest BCUT2D eigenvalue weighted by atomic mass is 35.5. The minimum Gasteiger partial charge on any atom is -0.496 e. The molecule has 1 heterocycles. The van der Waals surface area contributed by atoms with Gasteiger partial charge in [-0.15, -0.1) is 5.10 Å². The number of aromatic nitrogens is 3. The highest BCUT2D eigenvalue weighted by molar-refractivity contribution is 6.30. The van der Waals surface area contributed by atoms with Crippen LogP contribution in [0.25, 0.3) is 0 Å². The molecule has 0 amide bonds. The molecular weight excluding hydrogens is 288 g/mol. The van der Waals surface area contributed by atoms with E-state index in [1.165, 1.54) is 0 Å². The van der Waals surface area contributed by atoms with Crippen molar-refractivity contribution >= 4 is 11.6 Å². The molecule has 0 saturated carbocycles. The Morgan fingerprint density at radius 2 is 2.19 bits per heavy atom. The lowest BCUT2D eigenvalue weighted by molar-refractivity contribution is 0.401. The monoisotopic (exact) mass is 308 g/mol. The summed E-state index contributed by atoms with van der Waals surface area (Å²) in [6, 6.07) is 5.59. The second kappa shape index (κ2) is 7.43. The molecule has 0 radical (unpaired) electrons. The zero-order chi connectivity index (χ0) is 15.2. The average Bonchev–Trinajstić information content (AvgIpc) is 2.93. The van der Waals surface area contributed by atoms with Gasteiger partial charge in [-0.2, -0.15) is 0 Å². The summed E-state index contributed by atoms with van der Waals surface area (Å²) < 4.78 is 7.40. The fourth-order valence-electron chi connectivity index (χ4n) is 2.38. The number of methoxy groups -OCH3 is 1. The number of halogens is 1. The van der Waals surface area contributed by atoms with Crippen molar-refractivity contribution in [2.75, 3.05) is 13.7 Å². The molecule has 21 heavy (non-hydrogen) atoms. The van der Waals surface area contributed by atoms with Crippen molar-refractivity contribution in [1.29, 1.82) is 0 Å². The number of benzene rings is 1. The molecule has 1 aromatic carbocycles. The summed E-state index contributed by atoms with van der Waals surface area (Å²) in [6.45, 7) is 5.84. The van der Waals surface area contributed by atoms with Crippen LogP contribution >= 0.6 is 11.6 Å². The van der Waals surface area contributed by atoms with E-state index in [1.807, 2.05) is 22.9 Å². The van der Waals surface area contributed by atoms with Gasteiger partial charge in [0.05, 0.1) is 25.0 Å². The maximum Gasteiger partial charge on any atom is 0.124 e. The largest absolute Gasteiger partial charge is 0.496 e. The molecule has 1 unspecified atom stereocenters. The van der Waals surface area contributed by atoms with Crippen LogP contribution in [0.5, 0.6) is 5.75 Å². The quantitative estimate of drug-likeness (QED) is 0.854. The zero-order valence-electron chi connectivity index (χ0n) is 12.6. The number of rotatable bonds is 7. The van der Waals surface area contributed by atoms with Gasteiger partial charge in [-0.25, -0.2) is 4.68 Å². The van der Waals surface area contributed by atoms with Gasteiger partial charge in [0.25, 0.3) is 0 Å². The Bertz CT molecular complexity index is 585. The SMILES string of the molecule is CCCn1nncc1C(NCC)c1cc(Cl)ccc1OC. The van der Waals surface area contributed by atoms with Gasteiger partial charge in [-0.05, 0) is 31.2 Å². The predicted octanol–water partition coefficient (Wildman–Crippen LogP) is 3.05. The Morgan fingerprint density at radius 3 is 2.86 bits per heavy atom. The highest BCUT2D eigenvalue weighted by Crippen LogP contribution is 2.32. The first-order valence-corrected chi connectivity index (χ1v) is 7.54. The molecule has 114 valence electrons. The van der Waals surface area contributed by atoms with Crippen LogP contribution < -0.4 is 10.1 Å². The summed E-state index contributed by atoms with van der Waals surface area (Å²) >= 11 is 6.16. The molecule has 2 aromatic rings. The maximum atomic E-state index is 6.16. The van der Waals surface area contributed by atoms with E-state index in [0.717, 1.165) is 36.5 Å². The molecule has 2 rings (SSSR count). The van der Waals surface area contributed by atoms with E-state index in [0.29, 0.717) is 5.02 Å². The van der Waals surface area contributed by atoms with Crippen LogP contribution in [0, 0.1) is 0 Å². The van der Waals surface area contributed by atoms with Gasteiger partial charge in [-0.1, -0.05) is 30.7 Å². The fourth-order valence-corrected chi connectivity index (χ4v) is 2.56. The van der Waals surface area contributed by atoms with Gasteiger partial charge in [0, 0.05) is 17.1 Å². The minimum absolute atomic E-state index is 0.0507. The molecule has 0 aliphatic heterocycles. The zero-order valence-corrected chi connectivity index (χ0v) is 13.4. The van der Waals surface area contributed by atoms with E-state index in [4.69, 9.17) is 16.3 Å². The molecule has 6 heteroatoms. The predicted molar refractivity (Wildman–Crippen MR) is 83.8 cm³/mol. The van der Waals surface area contributed by atoms with Crippen LogP contribution in [0.1, 0.15) is 37.6 Å². The van der Waals surface area contributed by atoms with Crippen LogP contribution in [0.4, 0.5) is 0 Å². The lowest BCUT2D eigenvalue weighted by Crippen LogP contribution is -2.25. The topological polar surface area (TPSA) is 52.0 Å². The van der Waals surface area contributed by atoms with Crippen LogP contribution in [0.3, 0.4) is 0 Å². The van der Waals surface area contributed by atoms with Crippen molar-refractivity contribution < 1.29 is 4.74 Å². The van der Waals surface area contributed by atoms with E-state index < -0.39 is 0 Å². The van der Waals surface area contributed by atoms with E-state index >= 15 is 0 Å². The van der Waals surface area contributed by atoms with Crippen molar-refractivity contribution in [3.8, 4) is 5.75 Å². The fraction of sp³-hybridized carbons (Fsp3) is 0.467. The van der Waals surface area contributed by atoms with Gasteiger partial charge in [-0.3, -0.25) is 0 Å². The standard InChI is InChI=1S/C15H21ClN4O/c1-4-8-20-13(10-18-19-20)15(17-5-2)12-9-11(16)6-7-14(12)21-3/h6-7,9-10,15,17H,4-5,8H2,1-3H3. The Balaban J connectivity index is 2.47. The number of ether oxygens (including phenoxy) is 1. The van der Waals surface area contributed by atoms with Crippen LogP contribution in [0.15, 0.2) is 24.4 Å². The number of hydrogen-bond donors (Lipinski definition) is 1. The van der Waals surface area contributed by atoms with Gasteiger partial charge < -0.3 is 10.1 Å². The van der Waals surface area contributed by atoms with E-state index in [1.54, 1.807) is 13.3 Å². The molecule has 1 aromatic heterocycles. The second-order valence-corrected chi connectivity index (χ2v) is 5.20. The molecule has 0 bridgehead atoms. The normalized spacial score (nSPS) is 12.4. The summed E-state index contributed by atoms with van der Waals surface area (Å²) in [7, 11) is 1.66. The molecule has 1 atom stereocenters.